The number of ether oxygens (including phenoxy) is 1. The van der Waals surface area contributed by atoms with Crippen LogP contribution in [-0.4, -0.2) is 24.2 Å². The number of nitrogens with one attached hydrogen (secondary N) is 2. The average molecular weight is 280 g/mol. The van der Waals surface area contributed by atoms with E-state index >= 15 is 0 Å². The molecule has 4 nitrogen and oxygen atoms in total. The summed E-state index contributed by atoms with van der Waals surface area (Å²) in [5.41, 5.74) is 1.40. The molecule has 0 fully saturated rings. The first kappa shape index (κ1) is 15.4. The molecule has 104 valence electrons. The molecule has 0 unspecified atom stereocenters. The van der Waals surface area contributed by atoms with Gasteiger partial charge in [0.15, 0.2) is 5.11 Å². The van der Waals surface area contributed by atoms with Gasteiger partial charge in [-0.2, -0.15) is 0 Å². The fourth-order valence-electron chi connectivity index (χ4n) is 1.42. The van der Waals surface area contributed by atoms with Gasteiger partial charge >= 0.3 is 5.97 Å². The van der Waals surface area contributed by atoms with Gasteiger partial charge < -0.3 is 15.4 Å². The highest BCUT2D eigenvalue weighted by Crippen LogP contribution is 2.10. The molecule has 1 aromatic carbocycles. The summed E-state index contributed by atoms with van der Waals surface area (Å²) in [5.74, 6) is -0.283. The third kappa shape index (κ3) is 5.70. The predicted molar refractivity (Wildman–Crippen MR) is 81.5 cm³/mol. The molecular formula is C14H20N2O2S. The van der Waals surface area contributed by atoms with Crippen LogP contribution in [0.1, 0.15) is 37.0 Å². The highest BCUT2D eigenvalue weighted by molar-refractivity contribution is 7.80. The molecule has 0 saturated carbocycles. The van der Waals surface area contributed by atoms with Crippen LogP contribution in [0, 0.1) is 0 Å². The van der Waals surface area contributed by atoms with Crippen molar-refractivity contribution in [2.75, 3.05) is 18.5 Å². The largest absolute Gasteiger partial charge is 0.462 e. The maximum absolute atomic E-state index is 11.7. The van der Waals surface area contributed by atoms with Gasteiger partial charge in [-0.3, -0.25) is 0 Å². The van der Waals surface area contributed by atoms with Gasteiger partial charge in [-0.05, 0) is 49.8 Å². The minimum Gasteiger partial charge on any atom is -0.462 e. The summed E-state index contributed by atoms with van der Waals surface area (Å²) in [6.07, 6.45) is 1.90. The molecule has 0 spiro atoms. The van der Waals surface area contributed by atoms with E-state index in [9.17, 15) is 4.79 Å². The van der Waals surface area contributed by atoms with Crippen LogP contribution < -0.4 is 10.6 Å². The summed E-state index contributed by atoms with van der Waals surface area (Å²) >= 11 is 5.08. The van der Waals surface area contributed by atoms with E-state index in [4.69, 9.17) is 17.0 Å². The van der Waals surface area contributed by atoms with Crippen molar-refractivity contribution >= 4 is 29.0 Å². The van der Waals surface area contributed by atoms with Crippen LogP contribution in [0.4, 0.5) is 5.69 Å². The van der Waals surface area contributed by atoms with Gasteiger partial charge in [0.05, 0.1) is 12.2 Å². The van der Waals surface area contributed by atoms with Gasteiger partial charge in [0.1, 0.15) is 0 Å². The van der Waals surface area contributed by atoms with Crippen molar-refractivity contribution < 1.29 is 9.53 Å². The van der Waals surface area contributed by atoms with Crippen molar-refractivity contribution in [1.29, 1.82) is 0 Å². The molecule has 19 heavy (non-hydrogen) atoms. The fourth-order valence-corrected chi connectivity index (χ4v) is 1.68. The van der Waals surface area contributed by atoms with Crippen LogP contribution in [-0.2, 0) is 4.74 Å². The number of rotatable bonds is 6. The zero-order chi connectivity index (χ0) is 14.1. The quantitative estimate of drug-likeness (QED) is 0.477. The summed E-state index contributed by atoms with van der Waals surface area (Å²) in [4.78, 5) is 11.7. The fraction of sp³-hybridized carbons (Fsp3) is 0.429. The molecule has 0 saturated heterocycles. The van der Waals surface area contributed by atoms with Gasteiger partial charge in [0, 0.05) is 12.2 Å². The molecule has 1 rings (SSSR count). The number of thiocarbonyl (C=S) groups is 1. The molecule has 0 aliphatic carbocycles. The van der Waals surface area contributed by atoms with E-state index in [0.717, 1.165) is 25.1 Å². The first-order valence-corrected chi connectivity index (χ1v) is 6.90. The van der Waals surface area contributed by atoms with Gasteiger partial charge in [0.25, 0.3) is 0 Å². The maximum atomic E-state index is 11.7. The molecule has 0 heterocycles. The van der Waals surface area contributed by atoms with E-state index < -0.39 is 0 Å². The van der Waals surface area contributed by atoms with Crippen LogP contribution in [0.2, 0.25) is 0 Å². The number of unbranched alkanes of at least 4 members (excludes halogenated alkanes) is 1. The summed E-state index contributed by atoms with van der Waals surface area (Å²) in [6.45, 7) is 5.28. The van der Waals surface area contributed by atoms with Crippen LogP contribution in [0.3, 0.4) is 0 Å². The Hall–Kier alpha value is -1.62. The lowest BCUT2D eigenvalue weighted by Gasteiger charge is -2.09. The summed E-state index contributed by atoms with van der Waals surface area (Å²) < 4.78 is 5.13. The first-order valence-electron chi connectivity index (χ1n) is 6.49. The summed E-state index contributed by atoms with van der Waals surface area (Å²) in [5, 5.41) is 6.59. The van der Waals surface area contributed by atoms with Crippen molar-refractivity contribution in [2.45, 2.75) is 26.7 Å². The Morgan fingerprint density at radius 2 is 1.95 bits per heavy atom. The van der Waals surface area contributed by atoms with Crippen LogP contribution in [0.5, 0.6) is 0 Å². The average Bonchev–Trinajstić information content (AvgIpc) is 2.40. The Balaban J connectivity index is 2.51. The number of hydrogen-bond donors (Lipinski definition) is 2. The molecule has 0 aliphatic heterocycles. The minimum absolute atomic E-state index is 0.283. The Morgan fingerprint density at radius 3 is 2.53 bits per heavy atom. The normalized spacial score (nSPS) is 9.79. The van der Waals surface area contributed by atoms with Crippen molar-refractivity contribution in [2.24, 2.45) is 0 Å². The molecule has 0 atom stereocenters. The zero-order valence-corrected chi connectivity index (χ0v) is 12.2. The third-order valence-electron chi connectivity index (χ3n) is 2.45. The summed E-state index contributed by atoms with van der Waals surface area (Å²) in [7, 11) is 0. The zero-order valence-electron chi connectivity index (χ0n) is 11.4. The highest BCUT2D eigenvalue weighted by atomic mass is 32.1. The van der Waals surface area contributed by atoms with Gasteiger partial charge in [-0.25, -0.2) is 4.79 Å². The second-order valence-corrected chi connectivity index (χ2v) is 4.46. The van der Waals surface area contributed by atoms with Crippen molar-refractivity contribution in [3.63, 3.8) is 0 Å². The Morgan fingerprint density at radius 1 is 1.26 bits per heavy atom. The first-order chi connectivity index (χ1) is 9.17. The van der Waals surface area contributed by atoms with Crippen LogP contribution >= 0.6 is 12.2 Å². The number of carbonyl (C=O) groups excluding carboxylic acids is 1. The number of anilines is 1. The molecule has 5 heteroatoms. The Labute approximate surface area is 119 Å². The van der Waals surface area contributed by atoms with Crippen molar-refractivity contribution in [1.82, 2.24) is 5.32 Å². The highest BCUT2D eigenvalue weighted by Gasteiger charge is 2.06. The van der Waals surface area contributed by atoms with E-state index in [2.05, 4.69) is 17.6 Å². The smallest absolute Gasteiger partial charge is 0.338 e. The Bertz CT molecular complexity index is 418. The molecule has 0 aromatic heterocycles. The number of carbonyl (C=O) groups is 1. The van der Waals surface area contributed by atoms with Crippen molar-refractivity contribution in [3.05, 3.63) is 29.8 Å². The standard InChI is InChI=1S/C14H20N2O2S/c1-3-5-10-18-13(17)11-6-8-12(9-7-11)16-14(19)15-4-2/h6-9H,3-5,10H2,1-2H3,(H2,15,16,19). The molecule has 2 N–H and O–H groups in total. The van der Waals surface area contributed by atoms with E-state index in [0.29, 0.717) is 17.3 Å². The summed E-state index contributed by atoms with van der Waals surface area (Å²) in [6, 6.07) is 7.07. The van der Waals surface area contributed by atoms with Gasteiger partial charge in [-0.15, -0.1) is 0 Å². The van der Waals surface area contributed by atoms with Crippen molar-refractivity contribution in [3.8, 4) is 0 Å². The monoisotopic (exact) mass is 280 g/mol. The van der Waals surface area contributed by atoms with Crippen LogP contribution in [0.15, 0.2) is 24.3 Å². The number of esters is 1. The number of hydrogen-bond acceptors (Lipinski definition) is 3. The number of benzene rings is 1. The second-order valence-electron chi connectivity index (χ2n) is 4.05. The predicted octanol–water partition coefficient (Wildman–Crippen LogP) is 2.95. The molecule has 0 aliphatic rings. The molecule has 0 bridgehead atoms. The van der Waals surface area contributed by atoms with E-state index in [1.807, 2.05) is 6.92 Å². The molecule has 0 amide bonds. The van der Waals surface area contributed by atoms with Crippen LogP contribution in [0.25, 0.3) is 0 Å². The van der Waals surface area contributed by atoms with Gasteiger partial charge in [0.2, 0.25) is 0 Å². The molecule has 1 aromatic rings. The lowest BCUT2D eigenvalue weighted by molar-refractivity contribution is 0.0500. The lowest BCUT2D eigenvalue weighted by Crippen LogP contribution is -2.27. The Kier molecular flexibility index (Phi) is 6.89. The molecular weight excluding hydrogens is 260 g/mol. The van der Waals surface area contributed by atoms with E-state index in [1.54, 1.807) is 24.3 Å². The topological polar surface area (TPSA) is 50.4 Å². The minimum atomic E-state index is -0.283. The lowest BCUT2D eigenvalue weighted by atomic mass is 10.2. The van der Waals surface area contributed by atoms with E-state index in [1.165, 1.54) is 0 Å². The second kappa shape index (κ2) is 8.48. The molecule has 0 radical (unpaired) electrons. The third-order valence-corrected chi connectivity index (χ3v) is 2.69. The van der Waals surface area contributed by atoms with Gasteiger partial charge in [-0.1, -0.05) is 13.3 Å². The SMILES string of the molecule is CCCCOC(=O)c1ccc(NC(=S)NCC)cc1. The van der Waals surface area contributed by atoms with E-state index in [-0.39, 0.29) is 5.97 Å². The maximum Gasteiger partial charge on any atom is 0.338 e.